The van der Waals surface area contributed by atoms with Crippen LogP contribution in [0.3, 0.4) is 0 Å². The molecule has 134 valence electrons. The average Bonchev–Trinajstić information content (AvgIpc) is 3.12. The van der Waals surface area contributed by atoms with E-state index < -0.39 is 0 Å². The van der Waals surface area contributed by atoms with Crippen molar-refractivity contribution in [2.24, 2.45) is 5.10 Å². The van der Waals surface area contributed by atoms with Crippen molar-refractivity contribution < 1.29 is 4.74 Å². The van der Waals surface area contributed by atoms with E-state index in [9.17, 15) is 0 Å². The van der Waals surface area contributed by atoms with Crippen molar-refractivity contribution in [1.82, 2.24) is 4.98 Å². The molecule has 2 aromatic carbocycles. The van der Waals surface area contributed by atoms with Crippen molar-refractivity contribution in [3.05, 3.63) is 64.5 Å². The van der Waals surface area contributed by atoms with Crippen molar-refractivity contribution in [2.75, 3.05) is 12.0 Å². The molecular weight excluding hydrogens is 342 g/mol. The summed E-state index contributed by atoms with van der Waals surface area (Å²) in [6, 6.07) is 14.2. The quantitative estimate of drug-likeness (QED) is 0.434. The molecule has 0 bridgehead atoms. The van der Waals surface area contributed by atoms with E-state index in [0.29, 0.717) is 0 Å². The smallest absolute Gasteiger partial charge is 0.203 e. The molecule has 1 N–H and O–H groups in total. The Morgan fingerprint density at radius 2 is 1.88 bits per heavy atom. The number of hydrogen-bond donors (Lipinski definition) is 1. The van der Waals surface area contributed by atoms with Crippen LogP contribution in [0.1, 0.15) is 30.0 Å². The van der Waals surface area contributed by atoms with Crippen molar-refractivity contribution in [3.8, 4) is 17.0 Å². The number of benzene rings is 2. The number of anilines is 1. The summed E-state index contributed by atoms with van der Waals surface area (Å²) in [7, 11) is 0. The van der Waals surface area contributed by atoms with Gasteiger partial charge < -0.3 is 4.74 Å². The van der Waals surface area contributed by atoms with Gasteiger partial charge in [-0.05, 0) is 43.5 Å². The average molecular weight is 366 g/mol. The van der Waals surface area contributed by atoms with Crippen LogP contribution in [0, 0.1) is 13.8 Å². The molecule has 1 heterocycles. The van der Waals surface area contributed by atoms with Crippen LogP contribution in [-0.2, 0) is 0 Å². The molecule has 5 heteroatoms. The predicted molar refractivity (Wildman–Crippen MR) is 110 cm³/mol. The van der Waals surface area contributed by atoms with Crippen LogP contribution in [0.15, 0.2) is 52.9 Å². The van der Waals surface area contributed by atoms with Crippen molar-refractivity contribution in [2.45, 2.75) is 27.2 Å². The molecule has 3 aromatic rings. The van der Waals surface area contributed by atoms with E-state index in [1.54, 1.807) is 11.3 Å². The van der Waals surface area contributed by atoms with Gasteiger partial charge in [0.25, 0.3) is 0 Å². The zero-order valence-electron chi connectivity index (χ0n) is 15.3. The molecule has 3 rings (SSSR count). The van der Waals surface area contributed by atoms with Crippen LogP contribution < -0.4 is 10.2 Å². The number of aryl methyl sites for hydroxylation is 2. The Bertz CT molecular complexity index is 864. The molecule has 0 saturated carbocycles. The van der Waals surface area contributed by atoms with Gasteiger partial charge in [-0.3, -0.25) is 5.43 Å². The lowest BCUT2D eigenvalue weighted by Crippen LogP contribution is -2.00. The number of thiazole rings is 1. The number of hydrazone groups is 1. The maximum Gasteiger partial charge on any atom is 0.203 e. The lowest BCUT2D eigenvalue weighted by molar-refractivity contribution is 0.317. The highest BCUT2D eigenvalue weighted by Crippen LogP contribution is 2.25. The topological polar surface area (TPSA) is 46.5 Å². The van der Waals surface area contributed by atoms with Gasteiger partial charge in [-0.15, -0.1) is 11.3 Å². The molecule has 0 aliphatic rings. The molecule has 0 amide bonds. The molecule has 1 aromatic heterocycles. The first-order valence-corrected chi connectivity index (χ1v) is 9.59. The zero-order valence-corrected chi connectivity index (χ0v) is 16.1. The number of hydrogen-bond acceptors (Lipinski definition) is 5. The highest BCUT2D eigenvalue weighted by molar-refractivity contribution is 7.14. The predicted octanol–water partition coefficient (Wildman–Crippen LogP) is 5.66. The summed E-state index contributed by atoms with van der Waals surface area (Å²) in [6.45, 7) is 6.99. The first-order valence-electron chi connectivity index (χ1n) is 8.71. The maximum absolute atomic E-state index is 5.72. The van der Waals surface area contributed by atoms with Gasteiger partial charge in [0.2, 0.25) is 5.13 Å². The van der Waals surface area contributed by atoms with Crippen LogP contribution in [0.5, 0.6) is 5.75 Å². The Kier molecular flexibility index (Phi) is 6.02. The van der Waals surface area contributed by atoms with Crippen molar-refractivity contribution in [1.29, 1.82) is 0 Å². The number of nitrogens with zero attached hydrogens (tertiary/aromatic N) is 2. The normalized spacial score (nSPS) is 11.0. The summed E-state index contributed by atoms with van der Waals surface area (Å²) in [5.74, 6) is 0.916. The SMILES string of the molecule is CCCOc1cc(C)c(C=NNc2nc(-c3ccccc3)cs2)c(C)c1. The summed E-state index contributed by atoms with van der Waals surface area (Å²) in [5, 5.41) is 7.17. The summed E-state index contributed by atoms with van der Waals surface area (Å²) >= 11 is 1.54. The van der Waals surface area contributed by atoms with Crippen LogP contribution in [0.25, 0.3) is 11.3 Å². The summed E-state index contributed by atoms with van der Waals surface area (Å²) in [5.41, 5.74) is 8.48. The Labute approximate surface area is 158 Å². The van der Waals surface area contributed by atoms with E-state index in [4.69, 9.17) is 4.74 Å². The highest BCUT2D eigenvalue weighted by atomic mass is 32.1. The largest absolute Gasteiger partial charge is 0.494 e. The first kappa shape index (κ1) is 18.1. The first-order chi connectivity index (χ1) is 12.7. The molecule has 0 aliphatic heterocycles. The molecule has 0 saturated heterocycles. The van der Waals surface area contributed by atoms with Crippen molar-refractivity contribution >= 4 is 22.7 Å². The highest BCUT2D eigenvalue weighted by Gasteiger charge is 2.05. The standard InChI is InChI=1S/C21H23N3OS/c1-4-10-25-18-11-15(2)19(16(3)12-18)13-22-24-21-23-20(14-26-21)17-8-6-5-7-9-17/h5-9,11-14H,4,10H2,1-3H3,(H,23,24). The Hall–Kier alpha value is -2.66. The molecule has 26 heavy (non-hydrogen) atoms. The van der Waals surface area contributed by atoms with Gasteiger partial charge in [0.15, 0.2) is 0 Å². The van der Waals surface area contributed by atoms with E-state index in [2.05, 4.69) is 60.5 Å². The molecule has 0 spiro atoms. The van der Waals surface area contributed by atoms with E-state index in [1.807, 2.05) is 29.8 Å². The number of rotatable bonds is 7. The lowest BCUT2D eigenvalue weighted by atomic mass is 10.0. The summed E-state index contributed by atoms with van der Waals surface area (Å²) in [4.78, 5) is 4.58. The monoisotopic (exact) mass is 365 g/mol. The fourth-order valence-corrected chi connectivity index (χ4v) is 3.33. The minimum atomic E-state index is 0.738. The van der Waals surface area contributed by atoms with Gasteiger partial charge in [-0.1, -0.05) is 37.3 Å². The second-order valence-electron chi connectivity index (χ2n) is 6.09. The van der Waals surface area contributed by atoms with Gasteiger partial charge in [-0.25, -0.2) is 4.98 Å². The third-order valence-corrected chi connectivity index (χ3v) is 4.71. The Morgan fingerprint density at radius 3 is 2.58 bits per heavy atom. The molecule has 0 unspecified atom stereocenters. The minimum Gasteiger partial charge on any atom is -0.494 e. The zero-order chi connectivity index (χ0) is 18.4. The van der Waals surface area contributed by atoms with Gasteiger partial charge in [-0.2, -0.15) is 5.10 Å². The fraction of sp³-hybridized carbons (Fsp3) is 0.238. The Balaban J connectivity index is 1.68. The minimum absolute atomic E-state index is 0.738. The van der Waals surface area contributed by atoms with Gasteiger partial charge in [0.1, 0.15) is 5.75 Å². The fourth-order valence-electron chi connectivity index (χ4n) is 2.66. The van der Waals surface area contributed by atoms with Crippen LogP contribution in [0.2, 0.25) is 0 Å². The summed E-state index contributed by atoms with van der Waals surface area (Å²) < 4.78 is 5.72. The third-order valence-electron chi connectivity index (χ3n) is 3.97. The van der Waals surface area contributed by atoms with Crippen molar-refractivity contribution in [3.63, 3.8) is 0 Å². The van der Waals surface area contributed by atoms with E-state index in [-0.39, 0.29) is 0 Å². The maximum atomic E-state index is 5.72. The molecule has 0 atom stereocenters. The molecular formula is C21H23N3OS. The molecule has 4 nitrogen and oxygen atoms in total. The number of nitrogens with one attached hydrogen (secondary N) is 1. The second-order valence-corrected chi connectivity index (χ2v) is 6.95. The second kappa shape index (κ2) is 8.63. The van der Waals surface area contributed by atoms with Gasteiger partial charge in [0.05, 0.1) is 18.5 Å². The Morgan fingerprint density at radius 1 is 1.15 bits per heavy atom. The van der Waals surface area contributed by atoms with Crippen LogP contribution in [0.4, 0.5) is 5.13 Å². The van der Waals surface area contributed by atoms with Gasteiger partial charge >= 0.3 is 0 Å². The lowest BCUT2D eigenvalue weighted by Gasteiger charge is -2.10. The molecule has 0 aliphatic carbocycles. The van der Waals surface area contributed by atoms with Crippen LogP contribution >= 0.6 is 11.3 Å². The number of ether oxygens (including phenoxy) is 1. The molecule has 0 fully saturated rings. The van der Waals surface area contributed by atoms with E-state index in [1.165, 1.54) is 0 Å². The molecule has 0 radical (unpaired) electrons. The number of aromatic nitrogens is 1. The van der Waals surface area contributed by atoms with E-state index in [0.717, 1.165) is 51.9 Å². The van der Waals surface area contributed by atoms with Gasteiger partial charge in [0, 0.05) is 16.5 Å². The third kappa shape index (κ3) is 4.49. The summed E-state index contributed by atoms with van der Waals surface area (Å²) in [6.07, 6.45) is 2.85. The van der Waals surface area contributed by atoms with Crippen LogP contribution in [-0.4, -0.2) is 17.8 Å². The van der Waals surface area contributed by atoms with E-state index >= 15 is 0 Å².